The Hall–Kier alpha value is -2.41. The molecule has 1 fully saturated rings. The lowest BCUT2D eigenvalue weighted by Crippen LogP contribution is -2.63. The highest BCUT2D eigenvalue weighted by Gasteiger charge is 2.44. The molecule has 2 heterocycles. The van der Waals surface area contributed by atoms with E-state index in [-0.39, 0.29) is 42.4 Å². The van der Waals surface area contributed by atoms with Crippen molar-refractivity contribution in [2.75, 3.05) is 26.2 Å². The Morgan fingerprint density at radius 1 is 1.20 bits per heavy atom. The highest BCUT2D eigenvalue weighted by atomic mass is 32.2. The number of halogens is 2. The molecule has 2 aromatic rings. The summed E-state index contributed by atoms with van der Waals surface area (Å²) >= 11 is 0.981. The molecule has 12 heteroatoms. The lowest BCUT2D eigenvalue weighted by Gasteiger charge is -2.41. The lowest BCUT2D eigenvalue weighted by atomic mass is 10.1. The van der Waals surface area contributed by atoms with Crippen molar-refractivity contribution in [2.45, 2.75) is 16.8 Å². The maximum atomic E-state index is 13.6. The lowest BCUT2D eigenvalue weighted by molar-refractivity contribution is -0.130. The van der Waals surface area contributed by atoms with Gasteiger partial charge in [-0.05, 0) is 30.0 Å². The summed E-state index contributed by atoms with van der Waals surface area (Å²) in [6, 6.07) is 5.26. The van der Waals surface area contributed by atoms with Crippen LogP contribution in [0.2, 0.25) is 0 Å². The number of hydrogen-bond acceptors (Lipinski definition) is 6. The van der Waals surface area contributed by atoms with Gasteiger partial charge in [0.05, 0.1) is 0 Å². The SMILES string of the molecule is NCCNC(=O)C1N(C(=O)c2cc(F)cc(F)c2)CCCN1S(=O)(=O)c1cccs1. The molecule has 3 rings (SSSR count). The molecular weight excluding hydrogens is 438 g/mol. The standard InChI is InChI=1S/C18H20F2N4O4S2/c19-13-9-12(10-14(20)11-13)18(26)23-6-2-7-24(17(23)16(25)22-5-4-21)30(27,28)15-3-1-8-29-15/h1,3,8-11,17H,2,4-7,21H2,(H,22,25). The van der Waals surface area contributed by atoms with E-state index in [1.165, 1.54) is 6.07 Å². The summed E-state index contributed by atoms with van der Waals surface area (Å²) in [5, 5.41) is 4.08. The zero-order valence-corrected chi connectivity index (χ0v) is 17.4. The van der Waals surface area contributed by atoms with Gasteiger partial charge in [0.1, 0.15) is 15.8 Å². The molecule has 30 heavy (non-hydrogen) atoms. The predicted molar refractivity (Wildman–Crippen MR) is 106 cm³/mol. The fourth-order valence-electron chi connectivity index (χ4n) is 3.19. The number of sulfonamides is 1. The Morgan fingerprint density at radius 3 is 2.50 bits per heavy atom. The van der Waals surface area contributed by atoms with E-state index in [1.807, 2.05) is 0 Å². The Kier molecular flexibility index (Phi) is 6.81. The van der Waals surface area contributed by atoms with Crippen molar-refractivity contribution in [3.8, 4) is 0 Å². The van der Waals surface area contributed by atoms with Crippen LogP contribution in [0, 0.1) is 11.6 Å². The van der Waals surface area contributed by atoms with Gasteiger partial charge >= 0.3 is 0 Å². The molecule has 3 N–H and O–H groups in total. The molecule has 0 radical (unpaired) electrons. The van der Waals surface area contributed by atoms with Gasteiger partial charge in [0.25, 0.3) is 21.8 Å². The topological polar surface area (TPSA) is 113 Å². The molecule has 1 aliphatic rings. The Labute approximate surface area is 176 Å². The number of rotatable bonds is 6. The van der Waals surface area contributed by atoms with Crippen molar-refractivity contribution in [3.05, 3.63) is 52.9 Å². The van der Waals surface area contributed by atoms with Gasteiger partial charge < -0.3 is 16.0 Å². The van der Waals surface area contributed by atoms with Crippen LogP contribution in [0.3, 0.4) is 0 Å². The van der Waals surface area contributed by atoms with Gasteiger partial charge in [0, 0.05) is 37.8 Å². The van der Waals surface area contributed by atoms with Crippen LogP contribution in [0.1, 0.15) is 16.8 Å². The minimum atomic E-state index is -4.09. The molecule has 0 saturated carbocycles. The van der Waals surface area contributed by atoms with Crippen LogP contribution < -0.4 is 11.1 Å². The summed E-state index contributed by atoms with van der Waals surface area (Å²) in [5.41, 5.74) is 5.09. The van der Waals surface area contributed by atoms with Crippen LogP contribution in [-0.4, -0.2) is 61.8 Å². The molecule has 1 saturated heterocycles. The molecule has 0 bridgehead atoms. The molecule has 1 aliphatic heterocycles. The molecule has 162 valence electrons. The summed E-state index contributed by atoms with van der Waals surface area (Å²) in [7, 11) is -4.09. The Balaban J connectivity index is 2.02. The monoisotopic (exact) mass is 458 g/mol. The first-order chi connectivity index (χ1) is 14.3. The van der Waals surface area contributed by atoms with Crippen LogP contribution in [0.25, 0.3) is 0 Å². The Morgan fingerprint density at radius 2 is 1.90 bits per heavy atom. The molecule has 8 nitrogen and oxygen atoms in total. The fourth-order valence-corrected chi connectivity index (χ4v) is 5.90. The highest BCUT2D eigenvalue weighted by molar-refractivity contribution is 7.91. The van der Waals surface area contributed by atoms with E-state index in [4.69, 9.17) is 5.73 Å². The number of thiophene rings is 1. The number of nitrogens with two attached hydrogens (primary N) is 1. The third-order valence-corrected chi connectivity index (χ3v) is 7.68. The first-order valence-corrected chi connectivity index (χ1v) is 11.4. The van der Waals surface area contributed by atoms with Gasteiger partial charge in [-0.15, -0.1) is 11.3 Å². The summed E-state index contributed by atoms with van der Waals surface area (Å²) in [4.78, 5) is 26.9. The summed E-state index contributed by atoms with van der Waals surface area (Å²) in [6.07, 6.45) is -1.27. The fraction of sp³-hybridized carbons (Fsp3) is 0.333. The van der Waals surface area contributed by atoms with E-state index in [1.54, 1.807) is 11.4 Å². The van der Waals surface area contributed by atoms with Gasteiger partial charge in [0.15, 0.2) is 6.17 Å². The second-order valence-electron chi connectivity index (χ2n) is 6.51. The van der Waals surface area contributed by atoms with Crippen molar-refractivity contribution in [2.24, 2.45) is 5.73 Å². The van der Waals surface area contributed by atoms with Crippen molar-refractivity contribution >= 4 is 33.2 Å². The molecule has 1 unspecified atom stereocenters. The number of carbonyl (C=O) groups is 2. The molecule has 1 atom stereocenters. The number of nitrogens with zero attached hydrogens (tertiary/aromatic N) is 2. The first-order valence-electron chi connectivity index (χ1n) is 9.06. The van der Waals surface area contributed by atoms with Gasteiger partial charge in [-0.25, -0.2) is 17.2 Å². The predicted octanol–water partition coefficient (Wildman–Crippen LogP) is 0.964. The molecule has 2 amide bonds. The molecule has 0 spiro atoms. The van der Waals surface area contributed by atoms with E-state index in [0.29, 0.717) is 6.07 Å². The van der Waals surface area contributed by atoms with Crippen molar-refractivity contribution < 1.29 is 26.8 Å². The normalized spacial score (nSPS) is 17.7. The first kappa shape index (κ1) is 22.3. The second kappa shape index (κ2) is 9.16. The number of benzene rings is 1. The van der Waals surface area contributed by atoms with Crippen molar-refractivity contribution in [3.63, 3.8) is 0 Å². The largest absolute Gasteiger partial charge is 0.352 e. The minimum absolute atomic E-state index is 0.00222. The maximum absolute atomic E-state index is 13.6. The van der Waals surface area contributed by atoms with E-state index in [2.05, 4.69) is 5.32 Å². The quantitative estimate of drug-likeness (QED) is 0.670. The Bertz CT molecular complexity index is 1010. The van der Waals surface area contributed by atoms with E-state index < -0.39 is 39.6 Å². The van der Waals surface area contributed by atoms with E-state index in [0.717, 1.165) is 32.7 Å². The summed E-state index contributed by atoms with van der Waals surface area (Å²) in [5.74, 6) is -3.51. The van der Waals surface area contributed by atoms with E-state index in [9.17, 15) is 26.8 Å². The van der Waals surface area contributed by atoms with Gasteiger partial charge in [-0.3, -0.25) is 9.59 Å². The van der Waals surface area contributed by atoms with Crippen LogP contribution in [0.15, 0.2) is 39.9 Å². The molecule has 1 aromatic heterocycles. The smallest absolute Gasteiger partial charge is 0.259 e. The highest BCUT2D eigenvalue weighted by Crippen LogP contribution is 2.28. The summed E-state index contributed by atoms with van der Waals surface area (Å²) in [6.45, 7) is 0.217. The zero-order valence-electron chi connectivity index (χ0n) is 15.8. The van der Waals surface area contributed by atoms with Crippen molar-refractivity contribution in [1.29, 1.82) is 0 Å². The van der Waals surface area contributed by atoms with Crippen molar-refractivity contribution in [1.82, 2.24) is 14.5 Å². The number of hydrogen-bond donors (Lipinski definition) is 2. The maximum Gasteiger partial charge on any atom is 0.259 e. The van der Waals surface area contributed by atoms with Crippen LogP contribution in [0.4, 0.5) is 8.78 Å². The van der Waals surface area contributed by atoms with Crippen LogP contribution >= 0.6 is 11.3 Å². The minimum Gasteiger partial charge on any atom is -0.352 e. The van der Waals surface area contributed by atoms with Crippen LogP contribution in [-0.2, 0) is 14.8 Å². The zero-order chi connectivity index (χ0) is 21.9. The molecular formula is C18H20F2N4O4S2. The number of nitrogens with one attached hydrogen (secondary N) is 1. The van der Waals surface area contributed by atoms with Gasteiger partial charge in [-0.1, -0.05) is 6.07 Å². The number of amides is 2. The molecule has 0 aliphatic carbocycles. The second-order valence-corrected chi connectivity index (χ2v) is 9.58. The van der Waals surface area contributed by atoms with Gasteiger partial charge in [-0.2, -0.15) is 4.31 Å². The van der Waals surface area contributed by atoms with Gasteiger partial charge in [0.2, 0.25) is 0 Å². The number of carbonyl (C=O) groups excluding carboxylic acids is 2. The third kappa shape index (κ3) is 4.51. The molecule has 1 aromatic carbocycles. The summed E-state index contributed by atoms with van der Waals surface area (Å²) < 4.78 is 54.4. The average molecular weight is 459 g/mol. The van der Waals surface area contributed by atoms with Crippen LogP contribution in [0.5, 0.6) is 0 Å². The van der Waals surface area contributed by atoms with E-state index >= 15 is 0 Å². The average Bonchev–Trinajstić information content (AvgIpc) is 3.26. The third-order valence-electron chi connectivity index (χ3n) is 4.45.